The molecule has 0 N–H and O–H groups in total. The van der Waals surface area contributed by atoms with Crippen LogP contribution in [0, 0.1) is 36.4 Å². The fourth-order valence-corrected chi connectivity index (χ4v) is 7.34. The van der Waals surface area contributed by atoms with Crippen LogP contribution in [-0.2, 0) is 13.0 Å². The number of hydrogen-bond acceptors (Lipinski definition) is 1. The minimum atomic E-state index is -0.355. The second-order valence-corrected chi connectivity index (χ2v) is 12.6. The SMILES string of the molecule is C#CC(=C)C(C)(C)C(C1=CC=C2CCC(N3Cc4ccccc4CC3(C)C)C2C1)c1ccc(F)cc1C. The zero-order valence-corrected chi connectivity index (χ0v) is 23.1. The van der Waals surface area contributed by atoms with Gasteiger partial charge < -0.3 is 0 Å². The third-order valence-corrected chi connectivity index (χ3v) is 9.48. The Balaban J connectivity index is 1.51. The van der Waals surface area contributed by atoms with Crippen LogP contribution in [0.2, 0.25) is 0 Å². The minimum absolute atomic E-state index is 0.0470. The molecule has 1 fully saturated rings. The van der Waals surface area contributed by atoms with Crippen LogP contribution in [0.1, 0.15) is 75.1 Å². The second-order valence-electron chi connectivity index (χ2n) is 12.6. The molecule has 37 heavy (non-hydrogen) atoms. The Kier molecular flexibility index (Phi) is 6.57. The Labute approximate surface area is 223 Å². The summed E-state index contributed by atoms with van der Waals surface area (Å²) >= 11 is 0. The average Bonchev–Trinajstić information content (AvgIpc) is 3.27. The monoisotopic (exact) mass is 493 g/mol. The van der Waals surface area contributed by atoms with Gasteiger partial charge in [0, 0.05) is 35.0 Å². The summed E-state index contributed by atoms with van der Waals surface area (Å²) in [6.45, 7) is 16.5. The van der Waals surface area contributed by atoms with Gasteiger partial charge in [0.2, 0.25) is 0 Å². The fraction of sp³-hybridized carbons (Fsp3) is 0.429. The van der Waals surface area contributed by atoms with Crippen LogP contribution in [0.3, 0.4) is 0 Å². The van der Waals surface area contributed by atoms with Crippen molar-refractivity contribution in [2.45, 2.75) is 84.3 Å². The fourth-order valence-electron chi connectivity index (χ4n) is 7.34. The van der Waals surface area contributed by atoms with Crippen LogP contribution < -0.4 is 0 Å². The Morgan fingerprint density at radius 2 is 1.89 bits per heavy atom. The van der Waals surface area contributed by atoms with Gasteiger partial charge in [0.15, 0.2) is 0 Å². The summed E-state index contributed by atoms with van der Waals surface area (Å²) in [6.07, 6.45) is 15.1. The van der Waals surface area contributed by atoms with Crippen LogP contribution in [0.4, 0.5) is 4.39 Å². The summed E-state index contributed by atoms with van der Waals surface area (Å²) in [7, 11) is 0. The summed E-state index contributed by atoms with van der Waals surface area (Å²) in [5.41, 5.74) is 8.57. The standard InChI is InChI=1S/C35H40FN/c1-8-24(3)35(6,7)33(30-17-16-29(36)19-23(30)2)26-14-13-25-15-18-32(31(25)20-26)37-22-28-12-10-9-11-27(28)21-34(37,4)5/h1,9-14,16-17,19,31-33H,3,15,18,20-22H2,2,4-7H3. The van der Waals surface area contributed by atoms with E-state index in [1.165, 1.54) is 23.1 Å². The van der Waals surface area contributed by atoms with Gasteiger partial charge in [0.05, 0.1) is 0 Å². The number of terminal acetylenes is 1. The zero-order chi connectivity index (χ0) is 26.5. The average molecular weight is 494 g/mol. The lowest BCUT2D eigenvalue weighted by Crippen LogP contribution is -2.54. The highest BCUT2D eigenvalue weighted by molar-refractivity contribution is 5.47. The van der Waals surface area contributed by atoms with Crippen molar-refractivity contribution in [3.63, 3.8) is 0 Å². The molecule has 3 atom stereocenters. The van der Waals surface area contributed by atoms with Crippen LogP contribution >= 0.6 is 0 Å². The highest BCUT2D eigenvalue weighted by Crippen LogP contribution is 2.52. The van der Waals surface area contributed by atoms with Crippen molar-refractivity contribution in [3.05, 3.63) is 106 Å². The molecule has 3 unspecified atom stereocenters. The first kappa shape index (κ1) is 25.7. The Morgan fingerprint density at radius 3 is 2.59 bits per heavy atom. The summed E-state index contributed by atoms with van der Waals surface area (Å²) < 4.78 is 14.1. The van der Waals surface area contributed by atoms with Crippen molar-refractivity contribution >= 4 is 0 Å². The van der Waals surface area contributed by atoms with E-state index in [4.69, 9.17) is 6.42 Å². The van der Waals surface area contributed by atoms with Crippen molar-refractivity contribution < 1.29 is 4.39 Å². The summed E-state index contributed by atoms with van der Waals surface area (Å²) in [6, 6.07) is 14.6. The van der Waals surface area contributed by atoms with Crippen molar-refractivity contribution in [1.29, 1.82) is 0 Å². The van der Waals surface area contributed by atoms with Crippen LogP contribution in [0.25, 0.3) is 0 Å². The van der Waals surface area contributed by atoms with E-state index < -0.39 is 0 Å². The van der Waals surface area contributed by atoms with Crippen molar-refractivity contribution in [2.75, 3.05) is 0 Å². The van der Waals surface area contributed by atoms with Gasteiger partial charge >= 0.3 is 0 Å². The largest absolute Gasteiger partial charge is 0.290 e. The first-order chi connectivity index (χ1) is 17.5. The molecule has 192 valence electrons. The topological polar surface area (TPSA) is 3.24 Å². The maximum Gasteiger partial charge on any atom is 0.123 e. The summed E-state index contributed by atoms with van der Waals surface area (Å²) in [5.74, 6) is 3.17. The summed E-state index contributed by atoms with van der Waals surface area (Å²) in [4.78, 5) is 2.79. The van der Waals surface area contributed by atoms with Crippen LogP contribution in [-0.4, -0.2) is 16.5 Å². The number of nitrogens with zero attached hydrogens (tertiary/aromatic N) is 1. The molecule has 0 amide bonds. The minimum Gasteiger partial charge on any atom is -0.290 e. The molecular formula is C35H40FN. The number of rotatable bonds is 5. The maximum atomic E-state index is 14.1. The molecule has 1 saturated carbocycles. The van der Waals surface area contributed by atoms with Gasteiger partial charge in [-0.25, -0.2) is 4.39 Å². The molecule has 1 nitrogen and oxygen atoms in total. The lowest BCUT2D eigenvalue weighted by Gasteiger charge is -2.49. The first-order valence-electron chi connectivity index (χ1n) is 13.7. The van der Waals surface area contributed by atoms with Gasteiger partial charge in [-0.2, -0.15) is 0 Å². The number of aryl methyl sites for hydroxylation is 1. The van der Waals surface area contributed by atoms with Gasteiger partial charge in [-0.15, -0.1) is 6.42 Å². The maximum absolute atomic E-state index is 14.1. The normalized spacial score (nSPS) is 23.8. The molecule has 1 heterocycles. The van der Waals surface area contributed by atoms with E-state index in [0.717, 1.165) is 42.5 Å². The molecule has 2 heteroatoms. The smallest absolute Gasteiger partial charge is 0.123 e. The van der Waals surface area contributed by atoms with E-state index in [2.05, 4.69) is 81.5 Å². The molecule has 0 aromatic heterocycles. The Morgan fingerprint density at radius 1 is 1.16 bits per heavy atom. The van der Waals surface area contributed by atoms with Crippen molar-refractivity contribution in [2.24, 2.45) is 11.3 Å². The molecule has 2 aromatic carbocycles. The Bertz CT molecular complexity index is 1330. The third-order valence-electron chi connectivity index (χ3n) is 9.48. The molecule has 0 saturated heterocycles. The molecule has 5 rings (SSSR count). The van der Waals surface area contributed by atoms with Crippen LogP contribution in [0.15, 0.2) is 77.9 Å². The van der Waals surface area contributed by atoms with Gasteiger partial charge in [-0.05, 0) is 86.8 Å². The van der Waals surface area contributed by atoms with Crippen LogP contribution in [0.5, 0.6) is 0 Å². The third kappa shape index (κ3) is 4.53. The van der Waals surface area contributed by atoms with E-state index >= 15 is 0 Å². The molecule has 0 bridgehead atoms. The zero-order valence-electron chi connectivity index (χ0n) is 23.1. The first-order valence-corrected chi connectivity index (χ1v) is 13.7. The van der Waals surface area contributed by atoms with Gasteiger partial charge in [0.1, 0.15) is 5.82 Å². The van der Waals surface area contributed by atoms with Gasteiger partial charge in [-0.1, -0.05) is 80.0 Å². The Hall–Kier alpha value is -2.89. The molecular weight excluding hydrogens is 453 g/mol. The molecule has 2 aromatic rings. The molecule has 0 radical (unpaired) electrons. The lowest BCUT2D eigenvalue weighted by atomic mass is 9.64. The van der Waals surface area contributed by atoms with Crippen molar-refractivity contribution in [1.82, 2.24) is 4.90 Å². The quantitative estimate of drug-likeness (QED) is 0.379. The summed E-state index contributed by atoms with van der Waals surface area (Å²) in [5, 5.41) is 0. The molecule has 3 aliphatic rings. The predicted octanol–water partition coefficient (Wildman–Crippen LogP) is 8.31. The number of fused-ring (bicyclic) bond motifs is 2. The van der Waals surface area contributed by atoms with Gasteiger partial charge in [0.25, 0.3) is 0 Å². The lowest BCUT2D eigenvalue weighted by molar-refractivity contribution is 0.0332. The van der Waals surface area contributed by atoms with E-state index in [9.17, 15) is 4.39 Å². The van der Waals surface area contributed by atoms with E-state index in [1.54, 1.807) is 17.7 Å². The second kappa shape index (κ2) is 9.45. The van der Waals surface area contributed by atoms with E-state index in [0.29, 0.717) is 12.0 Å². The van der Waals surface area contributed by atoms with Crippen molar-refractivity contribution in [3.8, 4) is 12.3 Å². The number of allylic oxidation sites excluding steroid dienone is 4. The van der Waals surface area contributed by atoms with Gasteiger partial charge in [-0.3, -0.25) is 4.90 Å². The number of benzene rings is 2. The van der Waals surface area contributed by atoms with E-state index in [1.807, 2.05) is 13.0 Å². The number of hydrogen-bond donors (Lipinski definition) is 0. The highest BCUT2D eigenvalue weighted by atomic mass is 19.1. The highest BCUT2D eigenvalue weighted by Gasteiger charge is 2.46. The molecule has 0 spiro atoms. The number of halogens is 1. The van der Waals surface area contributed by atoms with E-state index in [-0.39, 0.29) is 22.7 Å². The molecule has 1 aliphatic heterocycles. The predicted molar refractivity (Wildman–Crippen MR) is 153 cm³/mol. The molecule has 2 aliphatic carbocycles.